The SMILES string of the molecule is CC1CCCC(CN)(N2C(=O)CCCC2=O)C1. The lowest BCUT2D eigenvalue weighted by Gasteiger charge is -2.47. The Morgan fingerprint density at radius 1 is 1.29 bits per heavy atom. The van der Waals surface area contributed by atoms with Gasteiger partial charge in [-0.25, -0.2) is 0 Å². The third-order valence-electron chi connectivity index (χ3n) is 4.20. The van der Waals surface area contributed by atoms with Gasteiger partial charge in [0.15, 0.2) is 0 Å². The fourth-order valence-corrected chi connectivity index (χ4v) is 3.39. The lowest BCUT2D eigenvalue weighted by molar-refractivity contribution is -0.157. The number of nitrogens with zero attached hydrogens (tertiary/aromatic N) is 1. The lowest BCUT2D eigenvalue weighted by atomic mass is 9.74. The normalized spacial score (nSPS) is 35.2. The second kappa shape index (κ2) is 4.77. The summed E-state index contributed by atoms with van der Waals surface area (Å²) < 4.78 is 0. The summed E-state index contributed by atoms with van der Waals surface area (Å²) in [4.78, 5) is 25.6. The fourth-order valence-electron chi connectivity index (χ4n) is 3.39. The zero-order valence-electron chi connectivity index (χ0n) is 10.6. The number of carbonyl (C=O) groups is 2. The maximum absolute atomic E-state index is 12.0. The second-order valence-electron chi connectivity index (χ2n) is 5.61. The van der Waals surface area contributed by atoms with Crippen molar-refractivity contribution < 1.29 is 9.59 Å². The van der Waals surface area contributed by atoms with E-state index < -0.39 is 0 Å². The summed E-state index contributed by atoms with van der Waals surface area (Å²) in [6, 6.07) is 0. The molecule has 2 aliphatic rings. The van der Waals surface area contributed by atoms with Crippen molar-refractivity contribution in [3.8, 4) is 0 Å². The van der Waals surface area contributed by atoms with E-state index in [1.54, 1.807) is 0 Å². The van der Waals surface area contributed by atoms with E-state index >= 15 is 0 Å². The third-order valence-corrected chi connectivity index (χ3v) is 4.20. The van der Waals surface area contributed by atoms with E-state index in [0.717, 1.165) is 19.3 Å². The summed E-state index contributed by atoms with van der Waals surface area (Å²) in [5.74, 6) is 0.524. The molecule has 2 N–H and O–H groups in total. The molecule has 96 valence electrons. The van der Waals surface area contributed by atoms with Gasteiger partial charge in [0.25, 0.3) is 0 Å². The van der Waals surface area contributed by atoms with Crippen molar-refractivity contribution >= 4 is 11.8 Å². The molecule has 2 unspecified atom stereocenters. The molecule has 1 aliphatic carbocycles. The number of imide groups is 1. The quantitative estimate of drug-likeness (QED) is 0.740. The summed E-state index contributed by atoms with van der Waals surface area (Å²) in [6.45, 7) is 2.59. The Hall–Kier alpha value is -0.900. The van der Waals surface area contributed by atoms with Gasteiger partial charge in [-0.1, -0.05) is 19.8 Å². The van der Waals surface area contributed by atoms with Crippen molar-refractivity contribution in [1.29, 1.82) is 0 Å². The van der Waals surface area contributed by atoms with E-state index in [9.17, 15) is 9.59 Å². The maximum Gasteiger partial charge on any atom is 0.229 e. The van der Waals surface area contributed by atoms with Gasteiger partial charge in [-0.05, 0) is 25.2 Å². The number of piperidine rings is 1. The molecule has 0 aromatic heterocycles. The van der Waals surface area contributed by atoms with Crippen LogP contribution in [0.4, 0.5) is 0 Å². The highest BCUT2D eigenvalue weighted by Gasteiger charge is 2.45. The van der Waals surface area contributed by atoms with E-state index in [4.69, 9.17) is 5.73 Å². The molecule has 0 radical (unpaired) electrons. The van der Waals surface area contributed by atoms with Gasteiger partial charge in [0.05, 0.1) is 5.54 Å². The van der Waals surface area contributed by atoms with Crippen molar-refractivity contribution in [3.63, 3.8) is 0 Å². The maximum atomic E-state index is 12.0. The van der Waals surface area contributed by atoms with Gasteiger partial charge in [0, 0.05) is 19.4 Å². The number of hydrogen-bond acceptors (Lipinski definition) is 3. The summed E-state index contributed by atoms with van der Waals surface area (Å²) in [5.41, 5.74) is 5.53. The van der Waals surface area contributed by atoms with Crippen LogP contribution in [-0.2, 0) is 9.59 Å². The zero-order chi connectivity index (χ0) is 12.5. The highest BCUT2D eigenvalue weighted by atomic mass is 16.2. The van der Waals surface area contributed by atoms with E-state index in [0.29, 0.717) is 31.7 Å². The highest BCUT2D eigenvalue weighted by Crippen LogP contribution is 2.38. The van der Waals surface area contributed by atoms with E-state index in [-0.39, 0.29) is 17.4 Å². The zero-order valence-corrected chi connectivity index (χ0v) is 10.6. The molecule has 2 amide bonds. The Labute approximate surface area is 103 Å². The molecule has 0 aromatic carbocycles. The Kier molecular flexibility index (Phi) is 3.52. The highest BCUT2D eigenvalue weighted by molar-refractivity contribution is 5.98. The molecule has 1 saturated carbocycles. The predicted octanol–water partition coefficient (Wildman–Crippen LogP) is 1.43. The summed E-state index contributed by atoms with van der Waals surface area (Å²) >= 11 is 0. The second-order valence-corrected chi connectivity index (χ2v) is 5.61. The molecule has 0 bridgehead atoms. The molecular weight excluding hydrogens is 216 g/mol. The minimum atomic E-state index is -0.383. The lowest BCUT2D eigenvalue weighted by Crippen LogP contribution is -2.61. The minimum absolute atomic E-state index is 0.0131. The predicted molar refractivity (Wildman–Crippen MR) is 65.1 cm³/mol. The Balaban J connectivity index is 2.26. The van der Waals surface area contributed by atoms with E-state index in [1.165, 1.54) is 11.3 Å². The fraction of sp³-hybridized carbons (Fsp3) is 0.846. The van der Waals surface area contributed by atoms with Crippen molar-refractivity contribution in [2.75, 3.05) is 6.54 Å². The van der Waals surface area contributed by atoms with E-state index in [2.05, 4.69) is 6.92 Å². The number of hydrogen-bond donors (Lipinski definition) is 1. The smallest absolute Gasteiger partial charge is 0.229 e. The van der Waals surface area contributed by atoms with Crippen LogP contribution >= 0.6 is 0 Å². The first-order valence-electron chi connectivity index (χ1n) is 6.65. The number of likely N-dealkylation sites (tertiary alicyclic amines) is 1. The van der Waals surface area contributed by atoms with Crippen molar-refractivity contribution in [3.05, 3.63) is 0 Å². The van der Waals surface area contributed by atoms with Crippen LogP contribution in [0.5, 0.6) is 0 Å². The Bertz CT molecular complexity index is 313. The average molecular weight is 238 g/mol. The molecular formula is C13H22N2O2. The summed E-state index contributed by atoms with van der Waals surface area (Å²) in [7, 11) is 0. The van der Waals surface area contributed by atoms with Crippen LogP contribution in [0.15, 0.2) is 0 Å². The van der Waals surface area contributed by atoms with Gasteiger partial charge in [-0.15, -0.1) is 0 Å². The molecule has 1 heterocycles. The van der Waals surface area contributed by atoms with Gasteiger partial charge in [-0.3, -0.25) is 14.5 Å². The van der Waals surface area contributed by atoms with Gasteiger partial charge in [0.2, 0.25) is 11.8 Å². The molecule has 2 fully saturated rings. The molecule has 0 spiro atoms. The van der Waals surface area contributed by atoms with Crippen LogP contribution in [0, 0.1) is 5.92 Å². The average Bonchev–Trinajstić information content (AvgIpc) is 2.28. The molecule has 1 saturated heterocycles. The molecule has 4 nitrogen and oxygen atoms in total. The molecule has 17 heavy (non-hydrogen) atoms. The first kappa shape index (κ1) is 12.6. The van der Waals surface area contributed by atoms with Gasteiger partial charge < -0.3 is 5.73 Å². The first-order valence-corrected chi connectivity index (χ1v) is 6.65. The standard InChI is InChI=1S/C13H22N2O2/c1-10-4-3-7-13(8-10,9-14)15-11(16)5-2-6-12(15)17/h10H,2-9,14H2,1H3. The topological polar surface area (TPSA) is 63.4 Å². The van der Waals surface area contributed by atoms with Gasteiger partial charge in [0.1, 0.15) is 0 Å². The molecule has 4 heteroatoms. The number of rotatable bonds is 2. The Morgan fingerprint density at radius 2 is 1.94 bits per heavy atom. The van der Waals surface area contributed by atoms with Crippen molar-refractivity contribution in [2.24, 2.45) is 11.7 Å². The van der Waals surface area contributed by atoms with Gasteiger partial charge in [-0.2, -0.15) is 0 Å². The van der Waals surface area contributed by atoms with Crippen LogP contribution in [-0.4, -0.2) is 28.8 Å². The Morgan fingerprint density at radius 3 is 2.47 bits per heavy atom. The van der Waals surface area contributed by atoms with Crippen molar-refractivity contribution in [1.82, 2.24) is 4.90 Å². The molecule has 1 aliphatic heterocycles. The number of amides is 2. The number of nitrogens with two attached hydrogens (primary N) is 1. The monoisotopic (exact) mass is 238 g/mol. The molecule has 0 aromatic rings. The summed E-state index contributed by atoms with van der Waals surface area (Å²) in [5, 5.41) is 0. The van der Waals surface area contributed by atoms with Crippen LogP contribution < -0.4 is 5.73 Å². The van der Waals surface area contributed by atoms with Crippen LogP contribution in [0.3, 0.4) is 0 Å². The first-order chi connectivity index (χ1) is 8.09. The molecule has 2 atom stereocenters. The minimum Gasteiger partial charge on any atom is -0.328 e. The van der Waals surface area contributed by atoms with E-state index in [1.807, 2.05) is 0 Å². The van der Waals surface area contributed by atoms with Crippen LogP contribution in [0.1, 0.15) is 51.9 Å². The molecule has 2 rings (SSSR count). The van der Waals surface area contributed by atoms with Crippen molar-refractivity contribution in [2.45, 2.75) is 57.4 Å². The van der Waals surface area contributed by atoms with Gasteiger partial charge >= 0.3 is 0 Å². The third kappa shape index (κ3) is 2.23. The van der Waals surface area contributed by atoms with Crippen LogP contribution in [0.25, 0.3) is 0 Å². The largest absolute Gasteiger partial charge is 0.328 e. The summed E-state index contributed by atoms with van der Waals surface area (Å²) in [6.07, 6.45) is 5.70. The van der Waals surface area contributed by atoms with Crippen LogP contribution in [0.2, 0.25) is 0 Å². The number of carbonyl (C=O) groups excluding carboxylic acids is 2.